The standard InChI is InChI=1S/C19H32N4O2/c1-13-11-22(12-16(13)21-7-9-25-10-8-21)18(24)17-14(2)20-23(15(17)3)19(4,5)6/h13,16H,7-12H2,1-6H3/t13-,16+/m1/s1. The minimum absolute atomic E-state index is 0.123. The summed E-state index contributed by atoms with van der Waals surface area (Å²) in [6.45, 7) is 17.7. The van der Waals surface area contributed by atoms with Crippen LogP contribution >= 0.6 is 0 Å². The number of amides is 1. The highest BCUT2D eigenvalue weighted by Gasteiger charge is 2.38. The molecule has 6 heteroatoms. The predicted octanol–water partition coefficient (Wildman–Crippen LogP) is 2.05. The molecule has 0 bridgehead atoms. The van der Waals surface area contributed by atoms with E-state index in [9.17, 15) is 4.79 Å². The van der Waals surface area contributed by atoms with E-state index < -0.39 is 0 Å². The maximum absolute atomic E-state index is 13.2. The third-order valence-corrected chi connectivity index (χ3v) is 5.52. The molecule has 6 nitrogen and oxygen atoms in total. The maximum atomic E-state index is 13.2. The fourth-order valence-electron chi connectivity index (χ4n) is 4.26. The summed E-state index contributed by atoms with van der Waals surface area (Å²) in [5.74, 6) is 0.619. The summed E-state index contributed by atoms with van der Waals surface area (Å²) >= 11 is 0. The lowest BCUT2D eigenvalue weighted by Crippen LogP contribution is -2.47. The number of aryl methyl sites for hydroxylation is 1. The van der Waals surface area contributed by atoms with Gasteiger partial charge in [0.2, 0.25) is 0 Å². The van der Waals surface area contributed by atoms with Gasteiger partial charge in [0.05, 0.1) is 30.0 Å². The van der Waals surface area contributed by atoms with Gasteiger partial charge in [0.25, 0.3) is 5.91 Å². The summed E-state index contributed by atoms with van der Waals surface area (Å²) < 4.78 is 7.45. The second kappa shape index (κ2) is 6.72. The molecule has 0 saturated carbocycles. The molecular formula is C19H32N4O2. The second-order valence-corrected chi connectivity index (χ2v) is 8.53. The van der Waals surface area contributed by atoms with E-state index in [0.29, 0.717) is 12.0 Å². The molecule has 2 aliphatic heterocycles. The average molecular weight is 348 g/mol. The van der Waals surface area contributed by atoms with Crippen molar-refractivity contribution in [2.24, 2.45) is 5.92 Å². The van der Waals surface area contributed by atoms with Crippen molar-refractivity contribution >= 4 is 5.91 Å². The first-order chi connectivity index (χ1) is 11.7. The molecule has 140 valence electrons. The molecule has 0 unspecified atom stereocenters. The summed E-state index contributed by atoms with van der Waals surface area (Å²) in [5.41, 5.74) is 2.46. The van der Waals surface area contributed by atoms with Crippen molar-refractivity contribution in [1.82, 2.24) is 19.6 Å². The van der Waals surface area contributed by atoms with Gasteiger partial charge in [-0.25, -0.2) is 0 Å². The normalized spacial score (nSPS) is 25.6. The minimum Gasteiger partial charge on any atom is -0.379 e. The van der Waals surface area contributed by atoms with E-state index in [0.717, 1.165) is 56.3 Å². The molecule has 0 radical (unpaired) electrons. The Bertz CT molecular complexity index is 641. The van der Waals surface area contributed by atoms with E-state index in [2.05, 4.69) is 37.7 Å². The summed E-state index contributed by atoms with van der Waals surface area (Å²) in [4.78, 5) is 17.7. The Balaban J connectivity index is 1.79. The van der Waals surface area contributed by atoms with Crippen LogP contribution in [0, 0.1) is 19.8 Å². The average Bonchev–Trinajstić information content (AvgIpc) is 3.07. The molecule has 2 fully saturated rings. The van der Waals surface area contributed by atoms with Gasteiger partial charge in [-0.1, -0.05) is 6.92 Å². The molecule has 2 saturated heterocycles. The number of hydrogen-bond donors (Lipinski definition) is 0. The molecule has 0 spiro atoms. The molecule has 2 aliphatic rings. The van der Waals surface area contributed by atoms with Crippen molar-refractivity contribution in [1.29, 1.82) is 0 Å². The second-order valence-electron chi connectivity index (χ2n) is 8.53. The fraction of sp³-hybridized carbons (Fsp3) is 0.789. The molecule has 1 amide bonds. The largest absolute Gasteiger partial charge is 0.379 e. The number of hydrogen-bond acceptors (Lipinski definition) is 4. The Morgan fingerprint density at radius 1 is 1.16 bits per heavy atom. The Labute approximate surface area is 151 Å². The third kappa shape index (κ3) is 3.47. The van der Waals surface area contributed by atoms with Crippen LogP contribution in [0.2, 0.25) is 0 Å². The SMILES string of the molecule is Cc1nn(C(C)(C)C)c(C)c1C(=O)N1C[C@@H](C)[C@@H](N2CCOCC2)C1. The van der Waals surface area contributed by atoms with E-state index in [4.69, 9.17) is 4.74 Å². The van der Waals surface area contributed by atoms with Crippen molar-refractivity contribution < 1.29 is 9.53 Å². The molecular weight excluding hydrogens is 316 g/mol. The van der Waals surface area contributed by atoms with Crippen molar-refractivity contribution in [3.05, 3.63) is 17.0 Å². The number of rotatable bonds is 2. The zero-order valence-electron chi connectivity index (χ0n) is 16.5. The van der Waals surface area contributed by atoms with Crippen molar-refractivity contribution in [2.45, 2.75) is 53.1 Å². The van der Waals surface area contributed by atoms with Crippen molar-refractivity contribution in [2.75, 3.05) is 39.4 Å². The summed E-state index contributed by atoms with van der Waals surface area (Å²) in [6, 6.07) is 0.436. The first-order valence-electron chi connectivity index (χ1n) is 9.38. The lowest BCUT2D eigenvalue weighted by atomic mass is 10.0. The van der Waals surface area contributed by atoms with Gasteiger partial charge in [-0.2, -0.15) is 5.10 Å². The molecule has 25 heavy (non-hydrogen) atoms. The van der Waals surface area contributed by atoms with Gasteiger partial charge < -0.3 is 9.64 Å². The molecule has 0 N–H and O–H groups in total. The lowest BCUT2D eigenvalue weighted by molar-refractivity contribution is 0.0119. The number of morpholine rings is 1. The number of likely N-dealkylation sites (tertiary alicyclic amines) is 1. The zero-order chi connectivity index (χ0) is 18.4. The summed E-state index contributed by atoms with van der Waals surface area (Å²) in [7, 11) is 0. The van der Waals surface area contributed by atoms with Crippen LogP contribution in [0.3, 0.4) is 0 Å². The molecule has 3 rings (SSSR count). The van der Waals surface area contributed by atoms with Gasteiger partial charge in [-0.15, -0.1) is 0 Å². The molecule has 3 heterocycles. The highest BCUT2D eigenvalue weighted by atomic mass is 16.5. The van der Waals surface area contributed by atoms with Crippen LogP contribution in [0.1, 0.15) is 49.4 Å². The number of aromatic nitrogens is 2. The third-order valence-electron chi connectivity index (χ3n) is 5.52. The van der Waals surface area contributed by atoms with E-state index in [-0.39, 0.29) is 11.4 Å². The number of carbonyl (C=O) groups excluding carboxylic acids is 1. The molecule has 0 aromatic carbocycles. The summed E-state index contributed by atoms with van der Waals surface area (Å²) in [5, 5.41) is 4.64. The van der Waals surface area contributed by atoms with Crippen molar-refractivity contribution in [3.8, 4) is 0 Å². The van der Waals surface area contributed by atoms with Gasteiger partial charge in [0.15, 0.2) is 0 Å². The zero-order valence-corrected chi connectivity index (χ0v) is 16.5. The highest BCUT2D eigenvalue weighted by molar-refractivity contribution is 5.96. The first kappa shape index (κ1) is 18.4. The number of nitrogens with zero attached hydrogens (tertiary/aromatic N) is 4. The quantitative estimate of drug-likeness (QED) is 0.821. The summed E-state index contributed by atoms with van der Waals surface area (Å²) in [6.07, 6.45) is 0. The van der Waals surface area contributed by atoms with E-state index in [1.165, 1.54) is 0 Å². The van der Waals surface area contributed by atoms with Crippen LogP contribution in [-0.2, 0) is 10.3 Å². The van der Waals surface area contributed by atoms with Gasteiger partial charge in [0, 0.05) is 37.9 Å². The maximum Gasteiger partial charge on any atom is 0.257 e. The van der Waals surface area contributed by atoms with Crippen LogP contribution in [0.15, 0.2) is 0 Å². The number of carbonyl (C=O) groups is 1. The van der Waals surface area contributed by atoms with Gasteiger partial charge in [0.1, 0.15) is 0 Å². The Hall–Kier alpha value is -1.40. The van der Waals surface area contributed by atoms with E-state index >= 15 is 0 Å². The molecule has 1 aromatic rings. The Morgan fingerprint density at radius 3 is 2.36 bits per heavy atom. The van der Waals surface area contributed by atoms with Crippen LogP contribution < -0.4 is 0 Å². The monoisotopic (exact) mass is 348 g/mol. The van der Waals surface area contributed by atoms with E-state index in [1.54, 1.807) is 0 Å². The number of ether oxygens (including phenoxy) is 1. The van der Waals surface area contributed by atoms with Crippen molar-refractivity contribution in [3.63, 3.8) is 0 Å². The van der Waals surface area contributed by atoms with E-state index in [1.807, 2.05) is 23.4 Å². The minimum atomic E-state index is -0.123. The van der Waals surface area contributed by atoms with Gasteiger partial charge in [-0.05, 0) is 40.5 Å². The fourth-order valence-corrected chi connectivity index (χ4v) is 4.26. The van der Waals surface area contributed by atoms with Crippen LogP contribution in [0.25, 0.3) is 0 Å². The molecule has 0 aliphatic carbocycles. The van der Waals surface area contributed by atoms with Crippen LogP contribution in [-0.4, -0.2) is 70.9 Å². The first-order valence-corrected chi connectivity index (χ1v) is 9.38. The Morgan fingerprint density at radius 2 is 1.80 bits per heavy atom. The van der Waals surface area contributed by atoms with Gasteiger partial charge in [-0.3, -0.25) is 14.4 Å². The smallest absolute Gasteiger partial charge is 0.257 e. The molecule has 1 aromatic heterocycles. The van der Waals surface area contributed by atoms with Gasteiger partial charge >= 0.3 is 0 Å². The van der Waals surface area contributed by atoms with Crippen LogP contribution in [0.4, 0.5) is 0 Å². The topological polar surface area (TPSA) is 50.6 Å². The molecule has 2 atom stereocenters. The highest BCUT2D eigenvalue weighted by Crippen LogP contribution is 2.27. The van der Waals surface area contributed by atoms with Crippen LogP contribution in [0.5, 0.6) is 0 Å². The lowest BCUT2D eigenvalue weighted by Gasteiger charge is -2.34. The predicted molar refractivity (Wildman–Crippen MR) is 97.9 cm³/mol. The Kier molecular flexibility index (Phi) is 4.95.